The topological polar surface area (TPSA) is 58.2 Å². The summed E-state index contributed by atoms with van der Waals surface area (Å²) < 4.78 is 27.2. The van der Waals surface area contributed by atoms with Gasteiger partial charge < -0.3 is 5.32 Å². The second-order valence-corrected chi connectivity index (χ2v) is 9.19. The lowest BCUT2D eigenvalue weighted by atomic mass is 10.2. The van der Waals surface area contributed by atoms with Crippen LogP contribution < -0.4 is 10.0 Å². The molecule has 120 valence electrons. The maximum absolute atomic E-state index is 12.4. The highest BCUT2D eigenvalue weighted by Gasteiger charge is 2.24. The lowest BCUT2D eigenvalue weighted by molar-refractivity contribution is 0.570. The van der Waals surface area contributed by atoms with Crippen molar-refractivity contribution >= 4 is 45.0 Å². The molecule has 0 aliphatic rings. The van der Waals surface area contributed by atoms with Crippen molar-refractivity contribution in [1.29, 1.82) is 0 Å². The van der Waals surface area contributed by atoms with Crippen LogP contribution in [-0.4, -0.2) is 33.0 Å². The first-order chi connectivity index (χ1) is 9.64. The summed E-state index contributed by atoms with van der Waals surface area (Å²) in [6.45, 7) is 4.65. The van der Waals surface area contributed by atoms with Gasteiger partial charge >= 0.3 is 0 Å². The Bertz CT molecular complexity index is 604. The summed E-state index contributed by atoms with van der Waals surface area (Å²) in [7, 11) is -1.93. The highest BCUT2D eigenvalue weighted by atomic mass is 35.5. The molecule has 0 heterocycles. The second kappa shape index (κ2) is 7.53. The zero-order chi connectivity index (χ0) is 16.3. The fourth-order valence-electron chi connectivity index (χ4n) is 1.54. The number of benzene rings is 1. The molecule has 4 nitrogen and oxygen atoms in total. The van der Waals surface area contributed by atoms with E-state index in [1.807, 2.05) is 20.1 Å². The molecule has 1 aromatic rings. The van der Waals surface area contributed by atoms with E-state index >= 15 is 0 Å². The van der Waals surface area contributed by atoms with Crippen molar-refractivity contribution < 1.29 is 8.42 Å². The van der Waals surface area contributed by atoms with Gasteiger partial charge in [-0.3, -0.25) is 0 Å². The molecule has 0 saturated heterocycles. The van der Waals surface area contributed by atoms with Crippen LogP contribution in [0, 0.1) is 0 Å². The molecular weight excluding hydrogens is 351 g/mol. The maximum Gasteiger partial charge on any atom is 0.242 e. The Hall–Kier alpha value is 0.0200. The first kappa shape index (κ1) is 19.1. The maximum atomic E-state index is 12.4. The Morgan fingerprint density at radius 2 is 1.90 bits per heavy atom. The minimum atomic E-state index is -3.67. The van der Waals surface area contributed by atoms with Gasteiger partial charge in [0, 0.05) is 28.4 Å². The van der Waals surface area contributed by atoms with Gasteiger partial charge in [0.05, 0.1) is 5.02 Å². The van der Waals surface area contributed by atoms with Crippen LogP contribution in [0.2, 0.25) is 10.0 Å². The number of sulfonamides is 1. The Morgan fingerprint density at radius 3 is 2.43 bits per heavy atom. The van der Waals surface area contributed by atoms with E-state index < -0.39 is 10.0 Å². The minimum Gasteiger partial charge on any atom is -0.316 e. The molecule has 0 saturated carbocycles. The molecule has 0 fully saturated rings. The molecule has 0 aliphatic carbocycles. The van der Waals surface area contributed by atoms with Crippen molar-refractivity contribution in [3.05, 3.63) is 27.7 Å². The molecule has 0 amide bonds. The number of nitrogens with one attached hydrogen (secondary N) is 2. The molecule has 0 atom stereocenters. The minimum absolute atomic E-state index is 0.0516. The van der Waals surface area contributed by atoms with E-state index in [9.17, 15) is 8.42 Å². The van der Waals surface area contributed by atoms with Crippen LogP contribution in [-0.2, 0) is 16.6 Å². The predicted octanol–water partition coefficient (Wildman–Crippen LogP) is 3.13. The third kappa shape index (κ3) is 5.01. The van der Waals surface area contributed by atoms with E-state index in [0.717, 1.165) is 0 Å². The smallest absolute Gasteiger partial charge is 0.242 e. The van der Waals surface area contributed by atoms with Gasteiger partial charge in [0.15, 0.2) is 0 Å². The Morgan fingerprint density at radius 1 is 1.29 bits per heavy atom. The van der Waals surface area contributed by atoms with Crippen molar-refractivity contribution in [3.8, 4) is 0 Å². The SMILES string of the molecule is CNCc1c(Cl)ccc(S(=O)(=O)NCC(C)(C)SC)c1Cl. The molecule has 0 aromatic heterocycles. The molecular formula is C13H20Cl2N2O2S2. The van der Waals surface area contributed by atoms with E-state index in [-0.39, 0.29) is 14.7 Å². The summed E-state index contributed by atoms with van der Waals surface area (Å²) in [5, 5.41) is 3.52. The summed E-state index contributed by atoms with van der Waals surface area (Å²) in [6.07, 6.45) is 1.94. The molecule has 21 heavy (non-hydrogen) atoms. The third-order valence-corrected chi connectivity index (χ3v) is 6.63. The standard InChI is InChI=1S/C13H20Cl2N2O2S2/c1-13(2,20-4)8-17-21(18,19)11-6-5-10(14)9(7-16-3)12(11)15/h5-6,16-17H,7-8H2,1-4H3. The molecule has 2 N–H and O–H groups in total. The monoisotopic (exact) mass is 370 g/mol. The summed E-state index contributed by atoms with van der Waals surface area (Å²) in [6, 6.07) is 2.98. The van der Waals surface area contributed by atoms with Crippen LogP contribution in [0.1, 0.15) is 19.4 Å². The molecule has 0 spiro atoms. The molecule has 0 radical (unpaired) electrons. The average Bonchev–Trinajstić information content (AvgIpc) is 2.41. The van der Waals surface area contributed by atoms with Crippen molar-refractivity contribution in [2.45, 2.75) is 30.0 Å². The van der Waals surface area contributed by atoms with Gasteiger partial charge in [0.2, 0.25) is 10.0 Å². The number of halogens is 2. The first-order valence-corrected chi connectivity index (χ1v) is 9.77. The van der Waals surface area contributed by atoms with Crippen LogP contribution in [0.3, 0.4) is 0 Å². The highest BCUT2D eigenvalue weighted by Crippen LogP contribution is 2.31. The van der Waals surface area contributed by atoms with Crippen LogP contribution in [0.4, 0.5) is 0 Å². The first-order valence-electron chi connectivity index (χ1n) is 6.31. The van der Waals surface area contributed by atoms with Gasteiger partial charge in [0.25, 0.3) is 0 Å². The molecule has 0 bridgehead atoms. The zero-order valence-corrected chi connectivity index (χ0v) is 15.6. The largest absolute Gasteiger partial charge is 0.316 e. The van der Waals surface area contributed by atoms with E-state index in [0.29, 0.717) is 23.7 Å². The number of thioether (sulfide) groups is 1. The van der Waals surface area contributed by atoms with Crippen LogP contribution in [0.15, 0.2) is 17.0 Å². The average molecular weight is 371 g/mol. The van der Waals surface area contributed by atoms with E-state index in [1.54, 1.807) is 24.9 Å². The predicted molar refractivity (Wildman–Crippen MR) is 92.0 cm³/mol. The number of hydrogen-bond acceptors (Lipinski definition) is 4. The molecule has 0 aliphatic heterocycles. The molecule has 8 heteroatoms. The van der Waals surface area contributed by atoms with Gasteiger partial charge in [0.1, 0.15) is 4.90 Å². The van der Waals surface area contributed by atoms with Crippen LogP contribution >= 0.6 is 35.0 Å². The fourth-order valence-corrected chi connectivity index (χ4v) is 3.97. The second-order valence-electron chi connectivity index (χ2n) is 5.16. The van der Waals surface area contributed by atoms with E-state index in [2.05, 4.69) is 10.0 Å². The Balaban J connectivity index is 3.12. The lowest BCUT2D eigenvalue weighted by Gasteiger charge is -2.22. The normalized spacial score (nSPS) is 12.7. The highest BCUT2D eigenvalue weighted by molar-refractivity contribution is 8.00. The van der Waals surface area contributed by atoms with Crippen molar-refractivity contribution in [3.63, 3.8) is 0 Å². The summed E-state index contributed by atoms with van der Waals surface area (Å²) >= 11 is 13.9. The van der Waals surface area contributed by atoms with Gasteiger partial charge in [-0.15, -0.1) is 0 Å². The summed E-state index contributed by atoms with van der Waals surface area (Å²) in [4.78, 5) is 0.0516. The van der Waals surface area contributed by atoms with E-state index in [1.165, 1.54) is 6.07 Å². The fraction of sp³-hybridized carbons (Fsp3) is 0.538. The van der Waals surface area contributed by atoms with Gasteiger partial charge in [-0.2, -0.15) is 11.8 Å². The van der Waals surface area contributed by atoms with Crippen molar-refractivity contribution in [2.24, 2.45) is 0 Å². The summed E-state index contributed by atoms with van der Waals surface area (Å²) in [5.74, 6) is 0. The van der Waals surface area contributed by atoms with Gasteiger partial charge in [-0.25, -0.2) is 13.1 Å². The Kier molecular flexibility index (Phi) is 6.83. The van der Waals surface area contributed by atoms with E-state index in [4.69, 9.17) is 23.2 Å². The van der Waals surface area contributed by atoms with Crippen LogP contribution in [0.5, 0.6) is 0 Å². The molecule has 1 rings (SSSR count). The molecule has 0 unspecified atom stereocenters. The lowest BCUT2D eigenvalue weighted by Crippen LogP contribution is -2.36. The van der Waals surface area contributed by atoms with Crippen molar-refractivity contribution in [1.82, 2.24) is 10.0 Å². The van der Waals surface area contributed by atoms with Crippen molar-refractivity contribution in [2.75, 3.05) is 19.8 Å². The number of rotatable bonds is 7. The third-order valence-electron chi connectivity index (χ3n) is 3.03. The molecule has 1 aromatic carbocycles. The summed E-state index contributed by atoms with van der Waals surface area (Å²) in [5.41, 5.74) is 0.577. The number of hydrogen-bond donors (Lipinski definition) is 2. The van der Waals surface area contributed by atoms with Crippen LogP contribution in [0.25, 0.3) is 0 Å². The quantitative estimate of drug-likeness (QED) is 0.773. The Labute approximate surface area is 141 Å². The van der Waals surface area contributed by atoms with Gasteiger partial charge in [-0.1, -0.05) is 23.2 Å². The van der Waals surface area contributed by atoms with Gasteiger partial charge in [-0.05, 0) is 39.3 Å². The zero-order valence-electron chi connectivity index (χ0n) is 12.5.